The molecule has 1 aromatic carbocycles. The first kappa shape index (κ1) is 16.2. The number of nitrogens with one attached hydrogen (secondary N) is 1. The predicted octanol–water partition coefficient (Wildman–Crippen LogP) is 1.75. The number of halogens is 2. The fourth-order valence-electron chi connectivity index (χ4n) is 1.72. The molecule has 0 heterocycles. The van der Waals surface area contributed by atoms with Crippen LogP contribution in [0.4, 0.5) is 0 Å². The summed E-state index contributed by atoms with van der Waals surface area (Å²) in [7, 11) is 0. The number of carbonyl (C=O) groups is 1. The largest absolute Gasteiger partial charge is 0.480 e. The maximum absolute atomic E-state index is 10.7. The van der Waals surface area contributed by atoms with E-state index in [0.29, 0.717) is 24.7 Å². The molecule has 0 spiro atoms. The van der Waals surface area contributed by atoms with E-state index in [1.165, 1.54) is 0 Å². The maximum atomic E-state index is 10.7. The van der Waals surface area contributed by atoms with Crippen LogP contribution in [0.1, 0.15) is 17.2 Å². The van der Waals surface area contributed by atoms with Gasteiger partial charge < -0.3 is 16.2 Å². The minimum atomic E-state index is -0.994. The number of hydrogen-bond acceptors (Lipinski definition) is 3. The molecule has 2 atom stereocenters. The molecule has 0 aliphatic heterocycles. The molecule has 0 radical (unpaired) electrons. The number of aliphatic carboxylic acids is 1. The molecule has 1 aromatic rings. The second-order valence-corrected chi connectivity index (χ2v) is 4.93. The van der Waals surface area contributed by atoms with E-state index >= 15 is 0 Å². The Balaban J connectivity index is 2.66. The van der Waals surface area contributed by atoms with Gasteiger partial charge in [0.25, 0.3) is 0 Å². The summed E-state index contributed by atoms with van der Waals surface area (Å²) in [6.45, 7) is 0.685. The Labute approximate surface area is 122 Å². The molecule has 0 fully saturated rings. The zero-order valence-electron chi connectivity index (χ0n) is 10.5. The van der Waals surface area contributed by atoms with Crippen molar-refractivity contribution in [2.45, 2.75) is 18.5 Å². The normalized spacial score (nSPS) is 14.1. The fourth-order valence-corrected chi connectivity index (χ4v) is 2.11. The van der Waals surface area contributed by atoms with Gasteiger partial charge >= 0.3 is 5.97 Å². The molecule has 4 N–H and O–H groups in total. The van der Waals surface area contributed by atoms with E-state index < -0.39 is 12.0 Å². The number of hydrogen-bond donors (Lipinski definition) is 3. The zero-order chi connectivity index (χ0) is 14.3. The van der Waals surface area contributed by atoms with E-state index in [2.05, 4.69) is 5.32 Å². The number of alkyl halides is 2. The average molecular weight is 305 g/mol. The lowest BCUT2D eigenvalue weighted by atomic mass is 10.0. The third kappa shape index (κ3) is 5.37. The van der Waals surface area contributed by atoms with Crippen LogP contribution < -0.4 is 11.1 Å². The van der Waals surface area contributed by atoms with Crippen LogP contribution >= 0.6 is 23.2 Å². The second-order valence-electron chi connectivity index (χ2n) is 4.24. The van der Waals surface area contributed by atoms with Crippen molar-refractivity contribution in [1.82, 2.24) is 5.32 Å². The number of nitrogens with two attached hydrogens (primary N) is 1. The lowest BCUT2D eigenvalue weighted by Crippen LogP contribution is -2.32. The van der Waals surface area contributed by atoms with Crippen LogP contribution in [-0.4, -0.2) is 35.4 Å². The summed E-state index contributed by atoms with van der Waals surface area (Å²) in [4.78, 5) is 10.7. The van der Waals surface area contributed by atoms with Crippen LogP contribution in [0.3, 0.4) is 0 Å². The van der Waals surface area contributed by atoms with Crippen LogP contribution in [0.5, 0.6) is 0 Å². The predicted molar refractivity (Wildman–Crippen MR) is 77.9 cm³/mol. The van der Waals surface area contributed by atoms with Crippen molar-refractivity contribution >= 4 is 29.2 Å². The van der Waals surface area contributed by atoms with Crippen molar-refractivity contribution in [3.63, 3.8) is 0 Å². The summed E-state index contributed by atoms with van der Waals surface area (Å²) in [6, 6.07) is 6.78. The van der Waals surface area contributed by atoms with Crippen LogP contribution in [0, 0.1) is 0 Å². The van der Waals surface area contributed by atoms with Crippen LogP contribution in [0.15, 0.2) is 24.3 Å². The van der Waals surface area contributed by atoms with Gasteiger partial charge in [-0.3, -0.25) is 4.79 Å². The molecule has 0 aliphatic rings. The summed E-state index contributed by atoms with van der Waals surface area (Å²) >= 11 is 11.5. The monoisotopic (exact) mass is 304 g/mol. The van der Waals surface area contributed by atoms with Gasteiger partial charge in [0.15, 0.2) is 0 Å². The van der Waals surface area contributed by atoms with E-state index in [4.69, 9.17) is 34.0 Å². The van der Waals surface area contributed by atoms with Crippen LogP contribution in [0.25, 0.3) is 0 Å². The number of carboxylic acids is 1. The van der Waals surface area contributed by atoms with E-state index in [1.54, 1.807) is 0 Å². The second kappa shape index (κ2) is 8.38. The van der Waals surface area contributed by atoms with Crippen molar-refractivity contribution < 1.29 is 9.90 Å². The highest BCUT2D eigenvalue weighted by atomic mass is 35.5. The first-order valence-corrected chi connectivity index (χ1v) is 7.08. The lowest BCUT2D eigenvalue weighted by Gasteiger charge is -2.16. The molecular weight excluding hydrogens is 287 g/mol. The number of rotatable bonds is 8. The van der Waals surface area contributed by atoms with Gasteiger partial charge in [-0.05, 0) is 17.5 Å². The van der Waals surface area contributed by atoms with E-state index in [9.17, 15) is 4.79 Å². The minimum Gasteiger partial charge on any atom is -0.480 e. The van der Waals surface area contributed by atoms with Crippen molar-refractivity contribution in [1.29, 1.82) is 0 Å². The molecule has 1 rings (SSSR count). The summed E-state index contributed by atoms with van der Waals surface area (Å²) in [6.07, 6.45) is 0.316. The molecule has 0 saturated carbocycles. The molecule has 4 nitrogen and oxygen atoms in total. The molecule has 2 unspecified atom stereocenters. The Morgan fingerprint density at radius 1 is 1.32 bits per heavy atom. The lowest BCUT2D eigenvalue weighted by molar-refractivity contribution is -0.138. The Morgan fingerprint density at radius 3 is 2.42 bits per heavy atom. The Bertz CT molecular complexity index is 398. The van der Waals surface area contributed by atoms with Gasteiger partial charge in [-0.2, -0.15) is 0 Å². The van der Waals surface area contributed by atoms with E-state index in [0.717, 1.165) is 11.1 Å². The molecule has 0 saturated heterocycles. The minimum absolute atomic E-state index is 0.0441. The summed E-state index contributed by atoms with van der Waals surface area (Å²) < 4.78 is 0. The van der Waals surface area contributed by atoms with Crippen LogP contribution in [-0.2, 0) is 11.2 Å². The smallest absolute Gasteiger partial charge is 0.320 e. The summed E-state index contributed by atoms with van der Waals surface area (Å²) in [5.41, 5.74) is 7.43. The quantitative estimate of drug-likeness (QED) is 0.640. The van der Waals surface area contributed by atoms with Gasteiger partial charge in [0, 0.05) is 24.3 Å². The molecule has 0 bridgehead atoms. The van der Waals surface area contributed by atoms with Crippen molar-refractivity contribution in [3.05, 3.63) is 35.4 Å². The number of carboxylic acid groups (broad SMARTS) is 1. The molecule has 6 heteroatoms. The highest BCUT2D eigenvalue weighted by Crippen LogP contribution is 2.16. The topological polar surface area (TPSA) is 75.3 Å². The zero-order valence-corrected chi connectivity index (χ0v) is 12.0. The standard InChI is InChI=1S/C13H18Cl2N2O2/c14-5-6-17-12(8-15)10-3-1-9(2-4-10)7-11(16)13(18)19/h1-4,11-12,17H,5-8,16H2,(H,18,19). The first-order chi connectivity index (χ1) is 9.08. The van der Waals surface area contributed by atoms with Crippen molar-refractivity contribution in [3.8, 4) is 0 Å². The third-order valence-corrected chi connectivity index (χ3v) is 3.29. The molecule has 0 amide bonds. The molecule has 0 aromatic heterocycles. The van der Waals surface area contributed by atoms with E-state index in [-0.39, 0.29) is 6.04 Å². The van der Waals surface area contributed by atoms with E-state index in [1.807, 2.05) is 24.3 Å². The maximum Gasteiger partial charge on any atom is 0.320 e. The highest BCUT2D eigenvalue weighted by molar-refractivity contribution is 6.18. The Hall–Kier alpha value is -0.810. The van der Waals surface area contributed by atoms with Gasteiger partial charge in [0.05, 0.1) is 0 Å². The van der Waals surface area contributed by atoms with Gasteiger partial charge in [0.1, 0.15) is 6.04 Å². The SMILES string of the molecule is NC(Cc1ccc(C(CCl)NCCCl)cc1)C(=O)O. The summed E-state index contributed by atoms with van der Waals surface area (Å²) in [5.74, 6) is -0.0180. The Morgan fingerprint density at radius 2 is 1.95 bits per heavy atom. The first-order valence-electron chi connectivity index (χ1n) is 6.01. The third-order valence-electron chi connectivity index (χ3n) is 2.79. The van der Waals surface area contributed by atoms with Crippen molar-refractivity contribution in [2.75, 3.05) is 18.3 Å². The summed E-state index contributed by atoms with van der Waals surface area (Å²) in [5, 5.41) is 12.0. The molecule has 106 valence electrons. The highest BCUT2D eigenvalue weighted by Gasteiger charge is 2.13. The van der Waals surface area contributed by atoms with Gasteiger partial charge in [0.2, 0.25) is 0 Å². The average Bonchev–Trinajstić information content (AvgIpc) is 2.41. The van der Waals surface area contributed by atoms with Gasteiger partial charge in [-0.15, -0.1) is 23.2 Å². The molecule has 0 aliphatic carbocycles. The number of benzene rings is 1. The fraction of sp³-hybridized carbons (Fsp3) is 0.462. The van der Waals surface area contributed by atoms with Crippen LogP contribution in [0.2, 0.25) is 0 Å². The van der Waals surface area contributed by atoms with Gasteiger partial charge in [-0.1, -0.05) is 24.3 Å². The molecule has 19 heavy (non-hydrogen) atoms. The Kier molecular flexibility index (Phi) is 7.16. The van der Waals surface area contributed by atoms with Gasteiger partial charge in [-0.25, -0.2) is 0 Å². The van der Waals surface area contributed by atoms with Crippen molar-refractivity contribution in [2.24, 2.45) is 5.73 Å². The molecular formula is C13H18Cl2N2O2.